The van der Waals surface area contributed by atoms with Gasteiger partial charge in [-0.15, -0.1) is 0 Å². The third-order valence-electron chi connectivity index (χ3n) is 5.02. The van der Waals surface area contributed by atoms with Gasteiger partial charge in [-0.05, 0) is 34.9 Å². The first-order valence-corrected chi connectivity index (χ1v) is 9.95. The van der Waals surface area contributed by atoms with Crippen LogP contribution in [0.25, 0.3) is 22.0 Å². The van der Waals surface area contributed by atoms with Gasteiger partial charge in [-0.2, -0.15) is 0 Å². The fourth-order valence-corrected chi connectivity index (χ4v) is 3.46. The minimum Gasteiger partial charge on any atom is -0.480 e. The molecule has 1 aromatic heterocycles. The summed E-state index contributed by atoms with van der Waals surface area (Å²) in [7, 11) is 0. The number of aliphatic carboxylic acids is 1. The summed E-state index contributed by atoms with van der Waals surface area (Å²) in [6, 6.07) is 26.2. The Morgan fingerprint density at radius 2 is 1.61 bits per heavy atom. The highest BCUT2D eigenvalue weighted by Crippen LogP contribution is 2.25. The number of nitrogens with one attached hydrogen (secondary N) is 2. The summed E-state index contributed by atoms with van der Waals surface area (Å²) in [5.41, 5.74) is 4.71. The summed E-state index contributed by atoms with van der Waals surface area (Å²) in [6.45, 7) is 0.0128. The van der Waals surface area contributed by atoms with Crippen molar-refractivity contribution in [3.05, 3.63) is 96.2 Å². The molecule has 0 saturated carbocycles. The minimum atomic E-state index is -1.11. The number of aromatic nitrogens is 1. The van der Waals surface area contributed by atoms with E-state index in [1.54, 1.807) is 0 Å². The molecule has 3 N–H and O–H groups in total. The number of aromatic amines is 1. The van der Waals surface area contributed by atoms with Gasteiger partial charge in [0, 0.05) is 17.3 Å². The van der Waals surface area contributed by atoms with Gasteiger partial charge in [0.2, 0.25) is 0 Å². The van der Waals surface area contributed by atoms with Crippen LogP contribution < -0.4 is 5.32 Å². The van der Waals surface area contributed by atoms with E-state index >= 15 is 0 Å². The van der Waals surface area contributed by atoms with E-state index in [-0.39, 0.29) is 13.0 Å². The number of alkyl carbamates (subject to hydrolysis) is 1. The number of carboxylic acids is 1. The van der Waals surface area contributed by atoms with Crippen molar-refractivity contribution in [3.8, 4) is 11.1 Å². The molecule has 4 rings (SSSR count). The first-order valence-electron chi connectivity index (χ1n) is 9.95. The fraction of sp³-hybridized carbons (Fsp3) is 0.120. The topological polar surface area (TPSA) is 91.4 Å². The van der Waals surface area contributed by atoms with Gasteiger partial charge in [0.25, 0.3) is 0 Å². The lowest BCUT2D eigenvalue weighted by Gasteiger charge is -2.14. The van der Waals surface area contributed by atoms with Gasteiger partial charge >= 0.3 is 12.1 Å². The molecular formula is C25H22N2O4. The van der Waals surface area contributed by atoms with Gasteiger partial charge in [-0.25, -0.2) is 9.59 Å². The number of hydrogen-bond acceptors (Lipinski definition) is 3. The molecule has 1 atom stereocenters. The monoisotopic (exact) mass is 414 g/mol. The van der Waals surface area contributed by atoms with Crippen molar-refractivity contribution in [2.75, 3.05) is 0 Å². The maximum Gasteiger partial charge on any atom is 0.408 e. The van der Waals surface area contributed by atoms with Crippen molar-refractivity contribution in [1.82, 2.24) is 10.3 Å². The summed E-state index contributed by atoms with van der Waals surface area (Å²) in [5.74, 6) is -1.11. The van der Waals surface area contributed by atoms with Crippen molar-refractivity contribution in [2.24, 2.45) is 0 Å². The normalized spacial score (nSPS) is 11.7. The SMILES string of the molecule is O=C(NC(Cc1ccccc1)C(=O)O)OCc1cc2cc(-c3ccccc3)ccc2[nH]1. The third-order valence-corrected chi connectivity index (χ3v) is 5.02. The number of ether oxygens (including phenoxy) is 1. The molecule has 1 amide bonds. The van der Waals surface area contributed by atoms with E-state index in [0.29, 0.717) is 0 Å². The highest BCUT2D eigenvalue weighted by Gasteiger charge is 2.21. The van der Waals surface area contributed by atoms with Crippen LogP contribution in [0.5, 0.6) is 0 Å². The molecule has 0 saturated heterocycles. The number of benzene rings is 3. The van der Waals surface area contributed by atoms with E-state index in [9.17, 15) is 14.7 Å². The first kappa shape index (κ1) is 20.2. The molecule has 3 aromatic carbocycles. The van der Waals surface area contributed by atoms with Crippen molar-refractivity contribution in [2.45, 2.75) is 19.1 Å². The van der Waals surface area contributed by atoms with E-state index in [4.69, 9.17) is 4.74 Å². The lowest BCUT2D eigenvalue weighted by molar-refractivity contribution is -0.139. The molecule has 0 bridgehead atoms. The molecule has 0 aliphatic rings. The molecule has 0 aliphatic heterocycles. The van der Waals surface area contributed by atoms with Crippen LogP contribution >= 0.6 is 0 Å². The third kappa shape index (κ3) is 5.11. The molecule has 156 valence electrons. The van der Waals surface area contributed by atoms with Gasteiger partial charge in [-0.1, -0.05) is 66.7 Å². The second-order valence-corrected chi connectivity index (χ2v) is 7.26. The predicted molar refractivity (Wildman–Crippen MR) is 119 cm³/mol. The Kier molecular flexibility index (Phi) is 5.98. The lowest BCUT2D eigenvalue weighted by Crippen LogP contribution is -2.42. The maximum absolute atomic E-state index is 12.2. The molecule has 0 radical (unpaired) electrons. The van der Waals surface area contributed by atoms with Crippen LogP contribution in [-0.2, 0) is 22.6 Å². The van der Waals surface area contributed by atoms with Crippen LogP contribution in [0.4, 0.5) is 4.79 Å². The maximum atomic E-state index is 12.2. The molecule has 0 fully saturated rings. The van der Waals surface area contributed by atoms with Crippen LogP contribution in [-0.4, -0.2) is 28.2 Å². The van der Waals surface area contributed by atoms with Gasteiger partial charge in [0.1, 0.15) is 12.6 Å². The number of carboxylic acid groups (broad SMARTS) is 1. The Balaban J connectivity index is 1.38. The molecule has 0 spiro atoms. The average molecular weight is 414 g/mol. The Morgan fingerprint density at radius 1 is 0.903 bits per heavy atom. The molecule has 6 nitrogen and oxygen atoms in total. The zero-order chi connectivity index (χ0) is 21.6. The minimum absolute atomic E-state index is 0.0128. The Hall–Kier alpha value is -4.06. The molecule has 31 heavy (non-hydrogen) atoms. The zero-order valence-corrected chi connectivity index (χ0v) is 16.7. The number of carbonyl (C=O) groups excluding carboxylic acids is 1. The van der Waals surface area contributed by atoms with Gasteiger partial charge in [-0.3, -0.25) is 0 Å². The van der Waals surface area contributed by atoms with E-state index in [0.717, 1.165) is 33.3 Å². The Bertz CT molecular complexity index is 1190. The highest BCUT2D eigenvalue weighted by atomic mass is 16.5. The fourth-order valence-electron chi connectivity index (χ4n) is 3.46. The van der Waals surface area contributed by atoms with Crippen LogP contribution in [0.15, 0.2) is 84.9 Å². The summed E-state index contributed by atoms with van der Waals surface area (Å²) in [4.78, 5) is 26.9. The second kappa shape index (κ2) is 9.17. The van der Waals surface area contributed by atoms with Crippen LogP contribution in [0, 0.1) is 0 Å². The van der Waals surface area contributed by atoms with E-state index < -0.39 is 18.1 Å². The Labute approximate surface area is 179 Å². The van der Waals surface area contributed by atoms with Crippen molar-refractivity contribution in [1.29, 1.82) is 0 Å². The molecule has 0 aliphatic carbocycles. The smallest absolute Gasteiger partial charge is 0.408 e. The lowest BCUT2D eigenvalue weighted by atomic mass is 10.0. The predicted octanol–water partition coefficient (Wildman–Crippen LogP) is 4.76. The number of hydrogen-bond donors (Lipinski definition) is 3. The second-order valence-electron chi connectivity index (χ2n) is 7.26. The van der Waals surface area contributed by atoms with Gasteiger partial charge < -0.3 is 20.1 Å². The van der Waals surface area contributed by atoms with Crippen LogP contribution in [0.2, 0.25) is 0 Å². The summed E-state index contributed by atoms with van der Waals surface area (Å²) < 4.78 is 5.25. The standard InChI is InChI=1S/C25H22N2O4/c28-24(29)23(13-17-7-3-1-4-8-17)27-25(30)31-16-21-15-20-14-19(11-12-22(20)26-21)18-9-5-2-6-10-18/h1-12,14-15,23,26H,13,16H2,(H,27,30)(H,28,29). The molecule has 6 heteroatoms. The molecule has 1 unspecified atom stereocenters. The number of amides is 1. The molecular weight excluding hydrogens is 392 g/mol. The summed E-state index contributed by atoms with van der Waals surface area (Å²) in [5, 5.41) is 12.8. The number of carbonyl (C=O) groups is 2. The largest absolute Gasteiger partial charge is 0.480 e. The quantitative estimate of drug-likeness (QED) is 0.407. The van der Waals surface area contributed by atoms with Crippen LogP contribution in [0.1, 0.15) is 11.3 Å². The molecule has 1 heterocycles. The highest BCUT2D eigenvalue weighted by molar-refractivity contribution is 5.86. The Morgan fingerprint density at radius 3 is 2.32 bits per heavy atom. The zero-order valence-electron chi connectivity index (χ0n) is 16.7. The number of rotatable bonds is 7. The van der Waals surface area contributed by atoms with Gasteiger partial charge in [0.15, 0.2) is 0 Å². The summed E-state index contributed by atoms with van der Waals surface area (Å²) in [6.07, 6.45) is -0.591. The van der Waals surface area contributed by atoms with Crippen LogP contribution in [0.3, 0.4) is 0 Å². The molecule has 4 aromatic rings. The number of H-pyrrole nitrogens is 1. The summed E-state index contributed by atoms with van der Waals surface area (Å²) >= 11 is 0. The van der Waals surface area contributed by atoms with E-state index in [1.165, 1.54) is 0 Å². The van der Waals surface area contributed by atoms with Gasteiger partial charge in [0.05, 0.1) is 5.69 Å². The number of fused-ring (bicyclic) bond motifs is 1. The first-order chi connectivity index (χ1) is 15.1. The van der Waals surface area contributed by atoms with E-state index in [1.807, 2.05) is 66.7 Å². The average Bonchev–Trinajstić information content (AvgIpc) is 3.21. The van der Waals surface area contributed by atoms with Crippen molar-refractivity contribution >= 4 is 23.0 Å². The van der Waals surface area contributed by atoms with Crippen molar-refractivity contribution in [3.63, 3.8) is 0 Å². The van der Waals surface area contributed by atoms with E-state index in [2.05, 4.69) is 28.5 Å². The van der Waals surface area contributed by atoms with Crippen molar-refractivity contribution < 1.29 is 19.4 Å².